The van der Waals surface area contributed by atoms with E-state index in [0.717, 1.165) is 31.9 Å². The lowest BCUT2D eigenvalue weighted by atomic mass is 10.1. The number of aliphatic imine (C=N–C) groups is 1. The number of likely N-dealkylation sites (N-methyl/N-ethyl adjacent to an activating group) is 1. The number of nitrogens with one attached hydrogen (secondary N) is 2. The zero-order valence-electron chi connectivity index (χ0n) is 24.3. The Kier molecular flexibility index (Phi) is 9.66. The lowest BCUT2D eigenvalue weighted by Crippen LogP contribution is -2.47. The summed E-state index contributed by atoms with van der Waals surface area (Å²) < 4.78 is 35.9. The van der Waals surface area contributed by atoms with Gasteiger partial charge in [0.15, 0.2) is 17.4 Å². The van der Waals surface area contributed by atoms with Crippen LogP contribution in [0.2, 0.25) is 0 Å². The standard InChI is InChI=1S/C30H36F2N8O3/c1-5-20(29(41)40-13-11-38(4)12-14-40)7-8-24(34)37-19(3)25(30(42)39-9-6-10-39)28(35-17-33)43-23-16-22(31)27-21(26(23)32)15-18(2)36-27/h5,7-8,15-17,36-37H,1,3,6,9-14,34H2,2,4H3,(H2,33,35)/b20-7+,24-8+,28-25-. The quantitative estimate of drug-likeness (QED) is 0.109. The van der Waals surface area contributed by atoms with E-state index in [2.05, 4.69) is 33.4 Å². The molecule has 2 saturated heterocycles. The van der Waals surface area contributed by atoms with Crippen LogP contribution in [-0.4, -0.2) is 84.2 Å². The summed E-state index contributed by atoms with van der Waals surface area (Å²) in [6, 6.07) is 2.29. The van der Waals surface area contributed by atoms with Crippen molar-refractivity contribution in [3.8, 4) is 5.75 Å². The second-order valence-corrected chi connectivity index (χ2v) is 10.3. The number of halogens is 2. The van der Waals surface area contributed by atoms with Gasteiger partial charge in [-0.15, -0.1) is 0 Å². The highest BCUT2D eigenvalue weighted by Crippen LogP contribution is 2.32. The summed E-state index contributed by atoms with van der Waals surface area (Å²) in [6.07, 6.45) is 6.03. The van der Waals surface area contributed by atoms with E-state index in [1.54, 1.807) is 11.8 Å². The zero-order valence-corrected chi connectivity index (χ0v) is 24.3. The van der Waals surface area contributed by atoms with Gasteiger partial charge in [0.1, 0.15) is 11.4 Å². The second-order valence-electron chi connectivity index (χ2n) is 10.3. The fraction of sp³-hybridized carbons (Fsp3) is 0.300. The average Bonchev–Trinajstić information content (AvgIpc) is 3.34. The van der Waals surface area contributed by atoms with Gasteiger partial charge in [-0.05, 0) is 38.6 Å². The molecule has 228 valence electrons. The molecule has 0 saturated carbocycles. The van der Waals surface area contributed by atoms with Gasteiger partial charge in [-0.3, -0.25) is 9.59 Å². The van der Waals surface area contributed by atoms with Crippen LogP contribution in [0.4, 0.5) is 8.78 Å². The highest BCUT2D eigenvalue weighted by atomic mass is 19.1. The van der Waals surface area contributed by atoms with Gasteiger partial charge < -0.3 is 41.2 Å². The lowest BCUT2D eigenvalue weighted by Gasteiger charge is -2.32. The number of ether oxygens (including phenoxy) is 1. The van der Waals surface area contributed by atoms with Gasteiger partial charge in [0.2, 0.25) is 5.88 Å². The fourth-order valence-corrected chi connectivity index (χ4v) is 4.63. The smallest absolute Gasteiger partial charge is 0.261 e. The van der Waals surface area contributed by atoms with E-state index in [0.29, 0.717) is 37.4 Å². The predicted octanol–water partition coefficient (Wildman–Crippen LogP) is 2.35. The molecule has 0 unspecified atom stereocenters. The van der Waals surface area contributed by atoms with Crippen LogP contribution in [0.1, 0.15) is 12.1 Å². The zero-order chi connectivity index (χ0) is 31.3. The second kappa shape index (κ2) is 13.4. The van der Waals surface area contributed by atoms with Crippen molar-refractivity contribution < 1.29 is 23.1 Å². The Balaban J connectivity index is 1.64. The van der Waals surface area contributed by atoms with E-state index >= 15 is 4.39 Å². The van der Waals surface area contributed by atoms with Crippen LogP contribution in [0.15, 0.2) is 77.1 Å². The molecule has 0 aliphatic carbocycles. The van der Waals surface area contributed by atoms with Crippen molar-refractivity contribution in [2.24, 2.45) is 16.5 Å². The van der Waals surface area contributed by atoms with Gasteiger partial charge in [-0.2, -0.15) is 0 Å². The first-order valence-corrected chi connectivity index (χ1v) is 13.7. The Bertz CT molecular complexity index is 1560. The molecule has 43 heavy (non-hydrogen) atoms. The third kappa shape index (κ3) is 6.95. The van der Waals surface area contributed by atoms with Crippen molar-refractivity contribution in [1.82, 2.24) is 25.0 Å². The number of allylic oxidation sites excluding steroid dienone is 2. The number of amides is 2. The number of carbonyl (C=O) groups is 2. The topological polar surface area (TPSA) is 145 Å². The molecule has 6 N–H and O–H groups in total. The molecule has 0 bridgehead atoms. The van der Waals surface area contributed by atoms with Crippen molar-refractivity contribution in [3.05, 3.63) is 89.4 Å². The number of likely N-dealkylation sites (tertiary alicyclic amines) is 1. The van der Waals surface area contributed by atoms with E-state index in [9.17, 15) is 14.0 Å². The molecular formula is C30H36F2N8O3. The van der Waals surface area contributed by atoms with Gasteiger partial charge in [-0.25, -0.2) is 13.8 Å². The summed E-state index contributed by atoms with van der Waals surface area (Å²) >= 11 is 0. The van der Waals surface area contributed by atoms with Crippen molar-refractivity contribution in [2.45, 2.75) is 13.3 Å². The number of fused-ring (bicyclic) bond motifs is 1. The SMILES string of the molecule is C=C/C(=C\C=C(/N)NC(=C)/C(C(=O)N1CCC1)=C(\N=CN)Oc1cc(F)c2[nH]c(C)cc2c1F)C(=O)N1CCN(C)CC1. The maximum Gasteiger partial charge on any atom is 0.261 e. The molecule has 0 radical (unpaired) electrons. The van der Waals surface area contributed by atoms with Crippen molar-refractivity contribution in [2.75, 3.05) is 46.3 Å². The molecule has 2 aliphatic heterocycles. The molecule has 4 rings (SSSR count). The number of hydrogen-bond donors (Lipinski definition) is 4. The highest BCUT2D eigenvalue weighted by molar-refractivity contribution is 5.99. The maximum absolute atomic E-state index is 15.4. The Morgan fingerprint density at radius 2 is 1.77 bits per heavy atom. The molecule has 2 aromatic rings. The van der Waals surface area contributed by atoms with Crippen LogP contribution < -0.4 is 21.5 Å². The molecular weight excluding hydrogens is 558 g/mol. The molecule has 1 aromatic carbocycles. The van der Waals surface area contributed by atoms with Gasteiger partial charge in [0.25, 0.3) is 11.8 Å². The monoisotopic (exact) mass is 594 g/mol. The number of nitrogens with two attached hydrogens (primary N) is 2. The van der Waals surface area contributed by atoms with Crippen LogP contribution in [0, 0.1) is 18.6 Å². The number of carbonyl (C=O) groups excluding carboxylic acids is 2. The lowest BCUT2D eigenvalue weighted by molar-refractivity contribution is -0.130. The summed E-state index contributed by atoms with van der Waals surface area (Å²) in [4.78, 5) is 38.5. The number of H-pyrrole nitrogens is 1. The van der Waals surface area contributed by atoms with E-state index in [-0.39, 0.29) is 33.9 Å². The van der Waals surface area contributed by atoms with Crippen molar-refractivity contribution in [1.29, 1.82) is 0 Å². The third-order valence-electron chi connectivity index (χ3n) is 7.17. The molecule has 0 spiro atoms. The van der Waals surface area contributed by atoms with Crippen molar-refractivity contribution >= 4 is 29.1 Å². The Morgan fingerprint density at radius 1 is 1.09 bits per heavy atom. The fourth-order valence-electron chi connectivity index (χ4n) is 4.63. The van der Waals surface area contributed by atoms with E-state index in [1.807, 2.05) is 7.05 Å². The summed E-state index contributed by atoms with van der Waals surface area (Å²) in [7, 11) is 1.99. The number of rotatable bonds is 10. The molecule has 2 fully saturated rings. The number of hydrogen-bond acceptors (Lipinski definition) is 7. The van der Waals surface area contributed by atoms with Gasteiger partial charge in [0.05, 0.1) is 17.6 Å². The van der Waals surface area contributed by atoms with Crippen LogP contribution >= 0.6 is 0 Å². The minimum Gasteiger partial charge on any atom is -0.435 e. The first kappa shape index (κ1) is 31.0. The predicted molar refractivity (Wildman–Crippen MR) is 161 cm³/mol. The first-order chi connectivity index (χ1) is 20.5. The van der Waals surface area contributed by atoms with Crippen LogP contribution in [0.25, 0.3) is 10.9 Å². The van der Waals surface area contributed by atoms with Crippen LogP contribution in [0.3, 0.4) is 0 Å². The molecule has 2 amide bonds. The van der Waals surface area contributed by atoms with Crippen LogP contribution in [-0.2, 0) is 9.59 Å². The number of aryl methyl sites for hydroxylation is 1. The number of aromatic nitrogens is 1. The molecule has 0 atom stereocenters. The molecule has 13 heteroatoms. The minimum atomic E-state index is -0.855. The molecule has 11 nitrogen and oxygen atoms in total. The number of piperazine rings is 1. The third-order valence-corrected chi connectivity index (χ3v) is 7.17. The Morgan fingerprint density at radius 3 is 2.37 bits per heavy atom. The summed E-state index contributed by atoms with van der Waals surface area (Å²) in [5, 5.41) is 2.78. The Labute approximate surface area is 248 Å². The largest absolute Gasteiger partial charge is 0.435 e. The average molecular weight is 595 g/mol. The van der Waals surface area contributed by atoms with Gasteiger partial charge >= 0.3 is 0 Å². The van der Waals surface area contributed by atoms with Crippen molar-refractivity contribution in [3.63, 3.8) is 0 Å². The summed E-state index contributed by atoms with van der Waals surface area (Å²) in [5.74, 6) is -3.21. The first-order valence-electron chi connectivity index (χ1n) is 13.7. The summed E-state index contributed by atoms with van der Waals surface area (Å²) in [6.45, 7) is 13.0. The number of nitrogens with zero attached hydrogens (tertiary/aromatic N) is 4. The van der Waals surface area contributed by atoms with E-state index < -0.39 is 29.2 Å². The molecule has 2 aliphatic rings. The number of benzene rings is 1. The Hall–Kier alpha value is -4.91. The van der Waals surface area contributed by atoms with E-state index in [4.69, 9.17) is 16.2 Å². The normalized spacial score (nSPS) is 17.1. The molecule has 3 heterocycles. The minimum absolute atomic E-state index is 0.0193. The molecule has 1 aromatic heterocycles. The summed E-state index contributed by atoms with van der Waals surface area (Å²) in [5.41, 5.74) is 12.4. The van der Waals surface area contributed by atoms with Crippen LogP contribution in [0.5, 0.6) is 5.75 Å². The van der Waals surface area contributed by atoms with E-state index in [1.165, 1.54) is 29.2 Å². The van der Waals surface area contributed by atoms with Gasteiger partial charge in [0, 0.05) is 62.0 Å². The van der Waals surface area contributed by atoms with Gasteiger partial charge in [-0.1, -0.05) is 19.2 Å². The maximum atomic E-state index is 15.4. The number of aromatic amines is 1. The highest BCUT2D eigenvalue weighted by Gasteiger charge is 2.30.